The summed E-state index contributed by atoms with van der Waals surface area (Å²) in [6, 6.07) is 0. The Balaban J connectivity index is 1.29. The first-order valence-corrected chi connectivity index (χ1v) is 22.2. The molecule has 0 bridgehead atoms. The van der Waals surface area contributed by atoms with Crippen molar-refractivity contribution < 1.29 is 80.8 Å². The zero-order valence-electron chi connectivity index (χ0n) is 35.8. The number of hydrogen-bond donors (Lipinski definition) is 15. The van der Waals surface area contributed by atoms with Gasteiger partial charge in [-0.25, -0.2) is 0 Å². The summed E-state index contributed by atoms with van der Waals surface area (Å²) in [5.74, 6) is -1.53. The van der Waals surface area contributed by atoms with Crippen LogP contribution in [0.25, 0.3) is 0 Å². The number of fused-ring (bicyclic) bond motifs is 5. The van der Waals surface area contributed by atoms with Crippen LogP contribution >= 0.6 is 0 Å². The first-order valence-electron chi connectivity index (χ1n) is 22.2. The normalized spacial score (nSPS) is 35.5. The van der Waals surface area contributed by atoms with Gasteiger partial charge in [0.05, 0.1) is 31.5 Å². The summed E-state index contributed by atoms with van der Waals surface area (Å²) in [7, 11) is 0. The number of aliphatic hydroxyl groups excluding tert-OH is 13. The van der Waals surface area contributed by atoms with Gasteiger partial charge in [0.2, 0.25) is 5.91 Å². The van der Waals surface area contributed by atoms with Crippen LogP contribution in [0.15, 0.2) is 0 Å². The van der Waals surface area contributed by atoms with Gasteiger partial charge in [-0.2, -0.15) is 0 Å². The van der Waals surface area contributed by atoms with Gasteiger partial charge in [-0.15, -0.1) is 0 Å². The number of carbonyl (C=O) groups excluding carboxylic acids is 3. The van der Waals surface area contributed by atoms with E-state index in [0.717, 1.165) is 30.6 Å². The van der Waals surface area contributed by atoms with Crippen LogP contribution in [0.5, 0.6) is 0 Å². The van der Waals surface area contributed by atoms with Crippen molar-refractivity contribution in [1.82, 2.24) is 15.5 Å². The minimum atomic E-state index is -2.23. The molecule has 0 radical (unpaired) electrons. The molecule has 4 aliphatic carbocycles. The molecule has 19 heteroatoms. The molecular formula is C42H75N3O16. The van der Waals surface area contributed by atoms with Crippen molar-refractivity contribution in [3.05, 3.63) is 0 Å². The van der Waals surface area contributed by atoms with Crippen molar-refractivity contribution in [2.45, 2.75) is 159 Å². The predicted octanol–water partition coefficient (Wildman–Crippen LogP) is -3.92. The van der Waals surface area contributed by atoms with E-state index >= 15 is 0 Å². The lowest BCUT2D eigenvalue weighted by Crippen LogP contribution is -2.62. The van der Waals surface area contributed by atoms with Crippen molar-refractivity contribution in [3.63, 3.8) is 0 Å². The molecule has 4 fully saturated rings. The smallest absolute Gasteiger partial charge is 0.254 e. The first-order chi connectivity index (χ1) is 28.6. The van der Waals surface area contributed by atoms with Crippen LogP contribution in [0.2, 0.25) is 0 Å². The molecule has 0 spiro atoms. The average molecular weight is 878 g/mol. The molecule has 354 valence electrons. The highest BCUT2D eigenvalue weighted by Crippen LogP contribution is 2.68. The highest BCUT2D eigenvalue weighted by atomic mass is 16.4. The van der Waals surface area contributed by atoms with Crippen molar-refractivity contribution in [2.24, 2.45) is 46.3 Å². The Morgan fingerprint density at radius 2 is 1.30 bits per heavy atom. The SMILES string of the molecule is C[C@H](CCC(=O)NCCCN(CCCNC(=O)[C@H](O)[C@@H](O)[C@H](O)[C@H](O)CO)C(=O)[C@H](O)[C@@H](O)[C@H](O)[C@H](O)CO)[C@H]1CC[C@H]2[C@@H]3[C@H](O)C[C@@H]4C[C@H](O)CC[C@]4(C)[C@H]3C[C@H](O)[C@]12C. The number of nitrogens with one attached hydrogen (secondary N) is 2. The number of nitrogens with zero attached hydrogens (tertiary/aromatic N) is 1. The number of aliphatic hydroxyl groups is 13. The zero-order valence-corrected chi connectivity index (χ0v) is 35.8. The second-order valence-corrected chi connectivity index (χ2v) is 19.1. The maximum atomic E-state index is 13.3. The quantitative estimate of drug-likeness (QED) is 0.0462. The Bertz CT molecular complexity index is 1430. The van der Waals surface area contributed by atoms with E-state index in [-0.39, 0.29) is 98.4 Å². The van der Waals surface area contributed by atoms with Gasteiger partial charge in [0.15, 0.2) is 12.2 Å². The van der Waals surface area contributed by atoms with E-state index < -0.39 is 91.5 Å². The summed E-state index contributed by atoms with van der Waals surface area (Å²) in [6.45, 7) is 4.35. The molecular weight excluding hydrogens is 802 g/mol. The average Bonchev–Trinajstić information content (AvgIpc) is 3.61. The van der Waals surface area contributed by atoms with Crippen LogP contribution in [0, 0.1) is 46.3 Å². The van der Waals surface area contributed by atoms with Crippen LogP contribution in [0.4, 0.5) is 0 Å². The van der Waals surface area contributed by atoms with Crippen molar-refractivity contribution >= 4 is 17.7 Å². The molecule has 0 unspecified atom stereocenters. The maximum absolute atomic E-state index is 13.3. The molecule has 0 aromatic heterocycles. The number of carbonyl (C=O) groups is 3. The molecule has 61 heavy (non-hydrogen) atoms. The molecule has 3 amide bonds. The first kappa shape index (κ1) is 51.5. The van der Waals surface area contributed by atoms with Crippen molar-refractivity contribution in [1.29, 1.82) is 0 Å². The number of rotatable bonds is 22. The summed E-state index contributed by atoms with van der Waals surface area (Å²) >= 11 is 0. The van der Waals surface area contributed by atoms with Crippen LogP contribution in [0.1, 0.15) is 91.4 Å². The lowest BCUT2D eigenvalue weighted by atomic mass is 9.43. The fourth-order valence-corrected chi connectivity index (χ4v) is 11.7. The Labute approximate surface area is 357 Å². The topological polar surface area (TPSA) is 342 Å². The summed E-state index contributed by atoms with van der Waals surface area (Å²) in [5.41, 5.74) is -0.440. The Hall–Kier alpha value is -2.11. The predicted molar refractivity (Wildman–Crippen MR) is 216 cm³/mol. The molecule has 19 nitrogen and oxygen atoms in total. The molecule has 4 aliphatic rings. The van der Waals surface area contributed by atoms with Gasteiger partial charge in [0.25, 0.3) is 11.8 Å². The van der Waals surface area contributed by atoms with Crippen LogP contribution in [-0.4, -0.2) is 196 Å². The van der Waals surface area contributed by atoms with Gasteiger partial charge < -0.3 is 81.9 Å². The minimum absolute atomic E-state index is 0.00301. The van der Waals surface area contributed by atoms with Gasteiger partial charge in [-0.1, -0.05) is 20.8 Å². The molecule has 0 saturated heterocycles. The number of amides is 3. The van der Waals surface area contributed by atoms with Gasteiger partial charge >= 0.3 is 0 Å². The zero-order chi connectivity index (χ0) is 45.6. The maximum Gasteiger partial charge on any atom is 0.254 e. The summed E-state index contributed by atoms with van der Waals surface area (Å²) in [5, 5.41) is 137. The lowest BCUT2D eigenvalue weighted by molar-refractivity contribution is -0.207. The lowest BCUT2D eigenvalue weighted by Gasteiger charge is -2.63. The van der Waals surface area contributed by atoms with Gasteiger partial charge in [-0.3, -0.25) is 14.4 Å². The Morgan fingerprint density at radius 3 is 1.89 bits per heavy atom. The third-order valence-corrected chi connectivity index (χ3v) is 15.5. The van der Waals surface area contributed by atoms with E-state index in [1.807, 2.05) is 0 Å². The molecule has 0 aromatic carbocycles. The standard InChI is InChI=1S/C42H75N3O16/c1-21(24-7-8-25-32-26(18-30(52)42(24,25)3)41(2)11-10-23(48)16-22(41)17-27(32)49)6-9-31(53)43-12-4-14-45(40(61)38(59)36(57)34(55)29(51)20-47)15-5-13-44-39(60)37(58)35(56)33(54)28(50)19-46/h21-30,32-38,46-52,54-59H,4-20H2,1-3H3,(H,43,53)(H,44,60)/t21-,22+,23-,24-,25+,26+,27-,28-,29-,30+,32+,33-,34-,35+,36+,37-,38-,41+,42-/m1/s1. The molecule has 4 saturated carbocycles. The van der Waals surface area contributed by atoms with Crippen LogP contribution < -0.4 is 10.6 Å². The fourth-order valence-electron chi connectivity index (χ4n) is 11.7. The molecule has 4 rings (SSSR count). The summed E-state index contributed by atoms with van der Waals surface area (Å²) in [6.07, 6.45) is -11.5. The van der Waals surface area contributed by atoms with E-state index in [1.165, 1.54) is 0 Å². The van der Waals surface area contributed by atoms with E-state index in [9.17, 15) is 70.6 Å². The van der Waals surface area contributed by atoms with Crippen LogP contribution in [-0.2, 0) is 14.4 Å². The molecule has 15 N–H and O–H groups in total. The van der Waals surface area contributed by atoms with E-state index in [1.54, 1.807) is 0 Å². The van der Waals surface area contributed by atoms with E-state index in [4.69, 9.17) is 10.2 Å². The van der Waals surface area contributed by atoms with Crippen LogP contribution in [0.3, 0.4) is 0 Å². The Morgan fingerprint density at radius 1 is 0.721 bits per heavy atom. The van der Waals surface area contributed by atoms with Gasteiger partial charge in [0.1, 0.15) is 36.6 Å². The van der Waals surface area contributed by atoms with E-state index in [2.05, 4.69) is 31.4 Å². The molecule has 19 atom stereocenters. The largest absolute Gasteiger partial charge is 0.394 e. The summed E-state index contributed by atoms with van der Waals surface area (Å²) < 4.78 is 0. The number of hydrogen-bond acceptors (Lipinski definition) is 16. The fraction of sp³-hybridized carbons (Fsp3) is 0.929. The third-order valence-electron chi connectivity index (χ3n) is 15.5. The highest BCUT2D eigenvalue weighted by Gasteiger charge is 2.65. The van der Waals surface area contributed by atoms with Gasteiger partial charge in [0, 0.05) is 32.6 Å². The minimum Gasteiger partial charge on any atom is -0.394 e. The second kappa shape index (κ2) is 22.2. The monoisotopic (exact) mass is 878 g/mol. The molecule has 0 heterocycles. The highest BCUT2D eigenvalue weighted by molar-refractivity contribution is 5.82. The third kappa shape index (κ3) is 11.4. The van der Waals surface area contributed by atoms with Crippen molar-refractivity contribution in [3.8, 4) is 0 Å². The second-order valence-electron chi connectivity index (χ2n) is 19.1. The Kier molecular flexibility index (Phi) is 18.7. The summed E-state index contributed by atoms with van der Waals surface area (Å²) in [4.78, 5) is 39.8. The molecule has 0 aromatic rings. The van der Waals surface area contributed by atoms with E-state index in [0.29, 0.717) is 25.7 Å². The van der Waals surface area contributed by atoms with Gasteiger partial charge in [-0.05, 0) is 111 Å². The van der Waals surface area contributed by atoms with Crippen molar-refractivity contribution in [2.75, 3.05) is 39.4 Å². The molecule has 0 aliphatic heterocycles.